The molecule has 0 bridgehead atoms. The number of aromatic amines is 2. The molecule has 0 radical (unpaired) electrons. The third-order valence-corrected chi connectivity index (χ3v) is 10.2. The first-order valence-electron chi connectivity index (χ1n) is 19.3. The van der Waals surface area contributed by atoms with Crippen LogP contribution in [0, 0.1) is 34.6 Å². The number of anilines is 1. The lowest BCUT2D eigenvalue weighted by atomic mass is 10.0. The van der Waals surface area contributed by atoms with Gasteiger partial charge in [-0.15, -0.1) is 0 Å². The highest BCUT2D eigenvalue weighted by Gasteiger charge is 2.20. The van der Waals surface area contributed by atoms with E-state index in [1.807, 2.05) is 102 Å². The van der Waals surface area contributed by atoms with Crippen molar-refractivity contribution in [2.45, 2.75) is 73.8 Å². The van der Waals surface area contributed by atoms with E-state index in [4.69, 9.17) is 43.5 Å². The Bertz CT molecular complexity index is 2600. The molecule has 14 heteroatoms. The molecule has 0 saturated carbocycles. The third-order valence-electron chi connectivity index (χ3n) is 9.55. The van der Waals surface area contributed by atoms with Crippen molar-refractivity contribution in [1.82, 2.24) is 9.97 Å². The van der Waals surface area contributed by atoms with E-state index in [9.17, 15) is 24.3 Å². The van der Waals surface area contributed by atoms with Gasteiger partial charge in [0.2, 0.25) is 0 Å². The standard InChI is InChI=1S/C23H23ClN2O4.C16H15ClO3.C8H12N2O/c1-13-9-22(27)19(14(2)26-13)12-25-21-11-17(20(24)10-18(21)23(28)29)15(3)30-16-7-5-4-6-8-16;1-10-8-14(15(17)9-13(10)16(18)19)11(2)20-12-6-4-3-5-7-12;1-5-3-8(11)7(4-9)6(2)10-5/h4-11,15,25H,12H2,1-3H3,(H,26,27)(H,28,29);3-9,11H,1-2H3,(H,18,19);3H,4,9H2,1-2H3,(H,10,11). The number of carbonyl (C=O) groups is 2. The molecule has 0 saturated heterocycles. The smallest absolute Gasteiger partial charge is 0.337 e. The molecule has 2 aromatic heterocycles. The quantitative estimate of drug-likeness (QED) is 0.0689. The van der Waals surface area contributed by atoms with E-state index in [0.29, 0.717) is 50.3 Å². The molecule has 0 fully saturated rings. The van der Waals surface area contributed by atoms with Gasteiger partial charge in [0, 0.05) is 86.0 Å². The maximum Gasteiger partial charge on any atom is 0.337 e. The summed E-state index contributed by atoms with van der Waals surface area (Å²) in [4.78, 5) is 52.5. The zero-order chi connectivity index (χ0) is 45.0. The molecule has 0 amide bonds. The molecule has 7 N–H and O–H groups in total. The number of hydrogen-bond acceptors (Lipinski definition) is 8. The van der Waals surface area contributed by atoms with Crippen LogP contribution in [0.2, 0.25) is 10.0 Å². The summed E-state index contributed by atoms with van der Waals surface area (Å²) in [5, 5.41) is 22.4. The predicted octanol–water partition coefficient (Wildman–Crippen LogP) is 10.0. The topological polar surface area (TPSA) is 197 Å². The average Bonchev–Trinajstić information content (AvgIpc) is 3.19. The molecule has 0 spiro atoms. The summed E-state index contributed by atoms with van der Waals surface area (Å²) in [5.74, 6) is -0.666. The van der Waals surface area contributed by atoms with E-state index < -0.39 is 18.0 Å². The van der Waals surface area contributed by atoms with E-state index >= 15 is 0 Å². The van der Waals surface area contributed by atoms with E-state index in [1.54, 1.807) is 25.1 Å². The first-order chi connectivity index (χ1) is 28.9. The minimum absolute atomic E-state index is 0.0249. The molecular weight excluding hydrogens is 819 g/mol. The summed E-state index contributed by atoms with van der Waals surface area (Å²) in [7, 11) is 0. The number of hydrogen-bond donors (Lipinski definition) is 6. The van der Waals surface area contributed by atoms with E-state index in [2.05, 4.69) is 15.3 Å². The van der Waals surface area contributed by atoms with Gasteiger partial charge in [-0.1, -0.05) is 65.7 Å². The zero-order valence-electron chi connectivity index (χ0n) is 35.0. The Morgan fingerprint density at radius 1 is 0.656 bits per heavy atom. The number of H-pyrrole nitrogens is 2. The zero-order valence-corrected chi connectivity index (χ0v) is 36.5. The number of aromatic nitrogens is 2. The third kappa shape index (κ3) is 13.1. The number of nitrogens with one attached hydrogen (secondary N) is 3. The highest BCUT2D eigenvalue weighted by atomic mass is 35.5. The number of pyridine rings is 2. The monoisotopic (exact) mass is 868 g/mol. The van der Waals surface area contributed by atoms with Gasteiger partial charge in [-0.05, 0) is 96.5 Å². The second kappa shape index (κ2) is 21.8. The second-order valence-electron chi connectivity index (χ2n) is 14.3. The molecule has 4 aromatic carbocycles. The van der Waals surface area contributed by atoms with Gasteiger partial charge in [0.05, 0.1) is 11.1 Å². The van der Waals surface area contributed by atoms with Gasteiger partial charge in [-0.3, -0.25) is 9.59 Å². The number of carboxylic acids is 2. The van der Waals surface area contributed by atoms with Crippen molar-refractivity contribution in [1.29, 1.82) is 0 Å². The van der Waals surface area contributed by atoms with Gasteiger partial charge in [0.25, 0.3) is 0 Å². The van der Waals surface area contributed by atoms with Gasteiger partial charge in [0.1, 0.15) is 23.7 Å². The molecule has 0 aliphatic carbocycles. The van der Waals surface area contributed by atoms with Crippen molar-refractivity contribution in [3.8, 4) is 11.5 Å². The number of aryl methyl sites for hydroxylation is 5. The van der Waals surface area contributed by atoms with Crippen LogP contribution < -0.4 is 31.4 Å². The van der Waals surface area contributed by atoms with Crippen molar-refractivity contribution in [2.75, 3.05) is 5.32 Å². The SMILES string of the molecule is Cc1cc(=O)c(CN)c(C)[nH]1.Cc1cc(=O)c(CNc2cc(C(C)Oc3ccccc3)c(Cl)cc2C(=O)O)c(C)[nH]1.Cc1cc(C(C)Oc2ccccc2)c(Cl)cc1C(=O)O. The van der Waals surface area contributed by atoms with Crippen LogP contribution >= 0.6 is 23.2 Å². The molecule has 12 nitrogen and oxygen atoms in total. The van der Waals surface area contributed by atoms with Crippen LogP contribution in [-0.2, 0) is 13.1 Å². The van der Waals surface area contributed by atoms with Crippen LogP contribution in [0.25, 0.3) is 0 Å². The number of carboxylic acid groups (broad SMARTS) is 2. The highest BCUT2D eigenvalue weighted by molar-refractivity contribution is 6.32. The molecule has 0 aliphatic heterocycles. The fourth-order valence-corrected chi connectivity index (χ4v) is 7.05. The minimum Gasteiger partial charge on any atom is -0.486 e. The van der Waals surface area contributed by atoms with Crippen molar-refractivity contribution in [3.63, 3.8) is 0 Å². The molecule has 320 valence electrons. The van der Waals surface area contributed by atoms with Gasteiger partial charge >= 0.3 is 11.9 Å². The van der Waals surface area contributed by atoms with Crippen LogP contribution in [0.3, 0.4) is 0 Å². The van der Waals surface area contributed by atoms with Crippen molar-refractivity contribution in [2.24, 2.45) is 5.73 Å². The van der Waals surface area contributed by atoms with E-state index in [1.165, 1.54) is 18.2 Å². The summed E-state index contributed by atoms with van der Waals surface area (Å²) in [6.07, 6.45) is -0.667. The minimum atomic E-state index is -1.11. The van der Waals surface area contributed by atoms with Gasteiger partial charge in [0.15, 0.2) is 10.9 Å². The predicted molar refractivity (Wildman–Crippen MR) is 241 cm³/mol. The number of benzene rings is 4. The molecule has 2 atom stereocenters. The van der Waals surface area contributed by atoms with Crippen LogP contribution in [0.4, 0.5) is 5.69 Å². The Balaban J connectivity index is 0.000000226. The Kier molecular flexibility index (Phi) is 16.9. The van der Waals surface area contributed by atoms with Crippen molar-refractivity contribution >= 4 is 40.8 Å². The molecule has 61 heavy (non-hydrogen) atoms. The molecule has 0 aliphatic rings. The largest absolute Gasteiger partial charge is 0.486 e. The molecule has 6 rings (SSSR count). The lowest BCUT2D eigenvalue weighted by Crippen LogP contribution is -2.17. The average molecular weight is 870 g/mol. The fraction of sp³-hybridized carbons (Fsp3) is 0.234. The van der Waals surface area contributed by atoms with Crippen molar-refractivity contribution in [3.05, 3.63) is 189 Å². The number of ether oxygens (including phenoxy) is 2. The van der Waals surface area contributed by atoms with E-state index in [-0.39, 0.29) is 34.6 Å². The summed E-state index contributed by atoms with van der Waals surface area (Å²) >= 11 is 12.5. The van der Waals surface area contributed by atoms with Crippen molar-refractivity contribution < 1.29 is 29.3 Å². The van der Waals surface area contributed by atoms with Gasteiger partial charge < -0.3 is 40.7 Å². The van der Waals surface area contributed by atoms with Crippen LogP contribution in [-0.4, -0.2) is 32.1 Å². The molecular formula is C47H50Cl2N4O8. The summed E-state index contributed by atoms with van der Waals surface area (Å²) < 4.78 is 11.7. The number of para-hydroxylation sites is 2. The lowest BCUT2D eigenvalue weighted by molar-refractivity contribution is 0.0686. The number of halogens is 2. The summed E-state index contributed by atoms with van der Waals surface area (Å²) in [6, 6.07) is 28.1. The van der Waals surface area contributed by atoms with Gasteiger partial charge in [-0.2, -0.15) is 0 Å². The molecule has 2 heterocycles. The van der Waals surface area contributed by atoms with Crippen LogP contribution in [0.15, 0.2) is 107 Å². The number of nitrogens with two attached hydrogens (primary N) is 1. The second-order valence-corrected chi connectivity index (χ2v) is 15.1. The fourth-order valence-electron chi connectivity index (χ4n) is 6.41. The Labute approximate surface area is 364 Å². The molecule has 6 aromatic rings. The van der Waals surface area contributed by atoms with Crippen LogP contribution in [0.5, 0.6) is 11.5 Å². The summed E-state index contributed by atoms with van der Waals surface area (Å²) in [6.45, 7) is 13.3. The van der Waals surface area contributed by atoms with Crippen LogP contribution in [0.1, 0.15) is 97.4 Å². The Morgan fingerprint density at radius 3 is 1.51 bits per heavy atom. The lowest BCUT2D eigenvalue weighted by Gasteiger charge is -2.19. The first-order valence-corrected chi connectivity index (χ1v) is 20.0. The normalized spacial score (nSPS) is 11.5. The number of aromatic carboxylic acids is 2. The maximum absolute atomic E-state index is 12.3. The first kappa shape index (κ1) is 47.3. The number of rotatable bonds is 12. The molecule has 2 unspecified atom stereocenters. The van der Waals surface area contributed by atoms with Gasteiger partial charge in [-0.25, -0.2) is 9.59 Å². The van der Waals surface area contributed by atoms with E-state index in [0.717, 1.165) is 34.1 Å². The highest BCUT2D eigenvalue weighted by Crippen LogP contribution is 2.33. The Morgan fingerprint density at radius 2 is 1.08 bits per heavy atom. The maximum atomic E-state index is 12.3. The Hall–Kier alpha value is -6.34. The summed E-state index contributed by atoms with van der Waals surface area (Å²) in [5.41, 5.74) is 12.5.